The normalized spacial score (nSPS) is 32.9. The number of nitrogens with zero attached hydrogens (tertiary/aromatic N) is 2. The second-order valence-electron chi connectivity index (χ2n) is 12.5. The van der Waals surface area contributed by atoms with Crippen molar-refractivity contribution in [2.75, 3.05) is 13.1 Å². The average molecular weight is 497 g/mol. The summed E-state index contributed by atoms with van der Waals surface area (Å²) in [6, 6.07) is 5.78. The highest BCUT2D eigenvalue weighted by Crippen LogP contribution is 2.58. The van der Waals surface area contributed by atoms with Gasteiger partial charge in [0.05, 0.1) is 24.0 Å². The van der Waals surface area contributed by atoms with E-state index in [4.69, 9.17) is 9.97 Å². The fourth-order valence-electron chi connectivity index (χ4n) is 8.58. The highest BCUT2D eigenvalue weighted by atomic mass is 15.0. The Labute approximate surface area is 219 Å². The van der Waals surface area contributed by atoms with Crippen molar-refractivity contribution in [3.8, 4) is 11.3 Å². The van der Waals surface area contributed by atoms with Crippen molar-refractivity contribution in [3.63, 3.8) is 0 Å². The van der Waals surface area contributed by atoms with Crippen LogP contribution >= 0.6 is 0 Å². The van der Waals surface area contributed by atoms with Gasteiger partial charge in [0.2, 0.25) is 0 Å². The smallest absolute Gasteiger partial charge is 0.123 e. The summed E-state index contributed by atoms with van der Waals surface area (Å²) in [5, 5.41) is 7.18. The number of rotatable bonds is 5. The lowest BCUT2D eigenvalue weighted by Gasteiger charge is -2.32. The molecule has 4 heterocycles. The summed E-state index contributed by atoms with van der Waals surface area (Å²) in [6.07, 6.45) is 18.4. The monoisotopic (exact) mass is 496 g/mol. The predicted octanol–water partition coefficient (Wildman–Crippen LogP) is 6.45. The molecule has 6 nitrogen and oxygen atoms in total. The van der Waals surface area contributed by atoms with Crippen molar-refractivity contribution < 1.29 is 0 Å². The minimum atomic E-state index is 0.396. The number of imidazole rings is 2. The van der Waals surface area contributed by atoms with E-state index in [9.17, 15) is 0 Å². The Morgan fingerprint density at radius 3 is 2.00 bits per heavy atom. The zero-order valence-corrected chi connectivity index (χ0v) is 21.9. The van der Waals surface area contributed by atoms with Crippen LogP contribution in [0.3, 0.4) is 0 Å². The van der Waals surface area contributed by atoms with Gasteiger partial charge in [-0.1, -0.05) is 12.1 Å². The minimum Gasteiger partial charge on any atom is -0.344 e. The van der Waals surface area contributed by atoms with Crippen LogP contribution in [0.1, 0.15) is 140 Å². The molecule has 2 aliphatic heterocycles. The molecule has 4 fully saturated rings. The zero-order valence-electron chi connectivity index (χ0n) is 21.9. The molecule has 2 saturated carbocycles. The van der Waals surface area contributed by atoms with Crippen LogP contribution in [-0.4, -0.2) is 33.0 Å². The van der Waals surface area contributed by atoms with E-state index in [-0.39, 0.29) is 0 Å². The van der Waals surface area contributed by atoms with Gasteiger partial charge in [-0.3, -0.25) is 0 Å². The Morgan fingerprint density at radius 1 is 0.622 bits per heavy atom. The summed E-state index contributed by atoms with van der Waals surface area (Å²) in [7, 11) is 0. The van der Waals surface area contributed by atoms with Gasteiger partial charge in [0.1, 0.15) is 11.6 Å². The Hall–Kier alpha value is -2.44. The summed E-state index contributed by atoms with van der Waals surface area (Å²) in [6.45, 7) is 2.23. The number of aromatic amines is 2. The lowest BCUT2D eigenvalue weighted by molar-refractivity contribution is 0.389. The molecule has 1 aromatic carbocycles. The molecule has 5 aliphatic rings. The predicted molar refractivity (Wildman–Crippen MR) is 146 cm³/mol. The largest absolute Gasteiger partial charge is 0.344 e. The molecule has 0 radical (unpaired) electrons. The standard InChI is InChI=1S/C31H40N6/c1-3-24(32-13-1)30-34-16-26(36-30)19-7-5-18(6-8-19)22-11-12-23(29-21-10-9-20(15-21)28(22)29)27-17-35-31(37-27)25-4-2-14-33-25/h11-12,16-21,24-25,32-33H,1-10,13-15H2,(H,34,36)(H,35,37). The highest BCUT2D eigenvalue weighted by molar-refractivity contribution is 5.70. The fraction of sp³-hybridized carbons (Fsp3) is 0.613. The van der Waals surface area contributed by atoms with Gasteiger partial charge in [0.15, 0.2) is 0 Å². The average Bonchev–Trinajstić information content (AvgIpc) is 3.79. The van der Waals surface area contributed by atoms with Crippen LogP contribution in [0.25, 0.3) is 11.3 Å². The van der Waals surface area contributed by atoms with Gasteiger partial charge >= 0.3 is 0 Å². The molecule has 3 aromatic rings. The molecule has 8 rings (SSSR count). The van der Waals surface area contributed by atoms with Crippen LogP contribution in [0.5, 0.6) is 0 Å². The fourth-order valence-corrected chi connectivity index (χ4v) is 8.58. The van der Waals surface area contributed by atoms with E-state index >= 15 is 0 Å². The Morgan fingerprint density at radius 2 is 1.27 bits per heavy atom. The van der Waals surface area contributed by atoms with Gasteiger partial charge in [0, 0.05) is 23.4 Å². The minimum absolute atomic E-state index is 0.396. The maximum absolute atomic E-state index is 4.81. The van der Waals surface area contributed by atoms with Crippen molar-refractivity contribution in [1.29, 1.82) is 0 Å². The number of aromatic nitrogens is 4. The number of hydrogen-bond acceptors (Lipinski definition) is 4. The SMILES string of the molecule is c1nc(C2CCCN2)[nH]c1-c1ccc(C2CCC(c3cnc(C4CCCN4)[nH]3)CC2)c2c1C1CCC2C1. The molecular formula is C31H40N6. The van der Waals surface area contributed by atoms with Gasteiger partial charge in [-0.05, 0) is 118 Å². The number of nitrogens with one attached hydrogen (secondary N) is 4. The van der Waals surface area contributed by atoms with Gasteiger partial charge < -0.3 is 20.6 Å². The quantitative estimate of drug-likeness (QED) is 0.327. The molecular weight excluding hydrogens is 456 g/mol. The second kappa shape index (κ2) is 9.09. The maximum Gasteiger partial charge on any atom is 0.123 e. The van der Waals surface area contributed by atoms with Crippen molar-refractivity contribution >= 4 is 0 Å². The first-order valence-corrected chi connectivity index (χ1v) is 15.1. The topological polar surface area (TPSA) is 81.4 Å². The molecule has 4 atom stereocenters. The number of hydrogen-bond donors (Lipinski definition) is 4. The van der Waals surface area contributed by atoms with E-state index in [1.807, 2.05) is 0 Å². The lowest BCUT2D eigenvalue weighted by atomic mass is 9.73. The molecule has 6 heteroatoms. The van der Waals surface area contributed by atoms with Crippen molar-refractivity contribution in [1.82, 2.24) is 30.6 Å². The van der Waals surface area contributed by atoms with Crippen LogP contribution in [0.2, 0.25) is 0 Å². The molecule has 0 amide bonds. The van der Waals surface area contributed by atoms with Crippen LogP contribution in [0.4, 0.5) is 0 Å². The van der Waals surface area contributed by atoms with Crippen LogP contribution < -0.4 is 10.6 Å². The molecule has 37 heavy (non-hydrogen) atoms. The second-order valence-corrected chi connectivity index (χ2v) is 12.5. The first-order valence-electron chi connectivity index (χ1n) is 15.1. The van der Waals surface area contributed by atoms with Gasteiger partial charge in [-0.2, -0.15) is 0 Å². The first kappa shape index (κ1) is 22.5. The zero-order chi connectivity index (χ0) is 24.3. The summed E-state index contributed by atoms with van der Waals surface area (Å²) in [5.41, 5.74) is 9.13. The molecule has 4 unspecified atom stereocenters. The van der Waals surface area contributed by atoms with Gasteiger partial charge in [-0.25, -0.2) is 9.97 Å². The third-order valence-electron chi connectivity index (χ3n) is 10.5. The molecule has 2 aromatic heterocycles. The first-order chi connectivity index (χ1) is 18.3. The Kier molecular flexibility index (Phi) is 5.54. The molecule has 2 saturated heterocycles. The molecule has 3 aliphatic carbocycles. The lowest BCUT2D eigenvalue weighted by Crippen LogP contribution is -2.16. The molecule has 2 bridgehead atoms. The van der Waals surface area contributed by atoms with Crippen molar-refractivity contribution in [2.24, 2.45) is 0 Å². The van der Waals surface area contributed by atoms with Crippen molar-refractivity contribution in [3.05, 3.63) is 58.6 Å². The highest BCUT2D eigenvalue weighted by Gasteiger charge is 2.42. The van der Waals surface area contributed by atoms with Crippen LogP contribution in [-0.2, 0) is 0 Å². The van der Waals surface area contributed by atoms with E-state index in [0.29, 0.717) is 23.9 Å². The molecule has 4 N–H and O–H groups in total. The summed E-state index contributed by atoms with van der Waals surface area (Å²) >= 11 is 0. The summed E-state index contributed by atoms with van der Waals surface area (Å²) in [5.74, 6) is 5.14. The summed E-state index contributed by atoms with van der Waals surface area (Å²) < 4.78 is 0. The molecule has 194 valence electrons. The third kappa shape index (κ3) is 3.82. The van der Waals surface area contributed by atoms with E-state index in [0.717, 1.165) is 36.6 Å². The third-order valence-corrected chi connectivity index (χ3v) is 10.5. The number of H-pyrrole nitrogens is 2. The van der Waals surface area contributed by atoms with Crippen LogP contribution in [0.15, 0.2) is 24.5 Å². The number of fused-ring (bicyclic) bond motifs is 5. The van der Waals surface area contributed by atoms with Crippen LogP contribution in [0, 0.1) is 0 Å². The Bertz CT molecular complexity index is 1270. The summed E-state index contributed by atoms with van der Waals surface area (Å²) in [4.78, 5) is 17.0. The molecule has 0 spiro atoms. The van der Waals surface area contributed by atoms with E-state index in [1.165, 1.54) is 87.6 Å². The Balaban J connectivity index is 1.04. The van der Waals surface area contributed by atoms with E-state index in [2.05, 4.69) is 45.1 Å². The van der Waals surface area contributed by atoms with Gasteiger partial charge in [0.25, 0.3) is 0 Å². The van der Waals surface area contributed by atoms with Gasteiger partial charge in [-0.15, -0.1) is 0 Å². The van der Waals surface area contributed by atoms with Crippen molar-refractivity contribution in [2.45, 2.75) is 106 Å². The van der Waals surface area contributed by atoms with E-state index < -0.39 is 0 Å². The number of benzene rings is 1. The maximum atomic E-state index is 4.81. The van der Waals surface area contributed by atoms with E-state index in [1.54, 1.807) is 16.7 Å².